The molecule has 0 saturated heterocycles. The standard InChI is InChI=1S/C20H23NO2S2/c1-3-21-14-11-15(20(22)23)25-19(14)16(13-7-5-4-6-8-13)17(21)18-12(2)9-10-24-18/h9-11,13H,3-8H2,1-2H3,(H,22,23). The van der Waals surface area contributed by atoms with Gasteiger partial charge in [0.1, 0.15) is 4.88 Å². The van der Waals surface area contributed by atoms with Crippen LogP contribution in [0.3, 0.4) is 0 Å². The number of fused-ring (bicyclic) bond motifs is 1. The molecule has 0 bridgehead atoms. The molecule has 3 aromatic rings. The fourth-order valence-corrected chi connectivity index (χ4v) is 6.33. The van der Waals surface area contributed by atoms with Crippen LogP contribution in [-0.2, 0) is 6.54 Å². The molecule has 5 heteroatoms. The van der Waals surface area contributed by atoms with Gasteiger partial charge >= 0.3 is 5.97 Å². The summed E-state index contributed by atoms with van der Waals surface area (Å²) in [6.07, 6.45) is 6.33. The van der Waals surface area contributed by atoms with Crippen LogP contribution in [0.15, 0.2) is 17.5 Å². The minimum Gasteiger partial charge on any atom is -0.477 e. The number of carbonyl (C=O) groups is 1. The van der Waals surface area contributed by atoms with E-state index in [9.17, 15) is 9.90 Å². The quantitative estimate of drug-likeness (QED) is 0.567. The Morgan fingerprint density at radius 2 is 2.08 bits per heavy atom. The van der Waals surface area contributed by atoms with Gasteiger partial charge < -0.3 is 9.67 Å². The van der Waals surface area contributed by atoms with Crippen LogP contribution in [0.5, 0.6) is 0 Å². The van der Waals surface area contributed by atoms with Crippen LogP contribution in [0, 0.1) is 6.92 Å². The molecule has 0 aromatic carbocycles. The summed E-state index contributed by atoms with van der Waals surface area (Å²) < 4.78 is 3.55. The Balaban J connectivity index is 2.02. The summed E-state index contributed by atoms with van der Waals surface area (Å²) in [6, 6.07) is 4.07. The summed E-state index contributed by atoms with van der Waals surface area (Å²) >= 11 is 3.27. The minimum atomic E-state index is -0.813. The van der Waals surface area contributed by atoms with E-state index in [1.54, 1.807) is 11.3 Å². The van der Waals surface area contributed by atoms with Crippen molar-refractivity contribution in [3.05, 3.63) is 33.5 Å². The van der Waals surface area contributed by atoms with Crippen molar-refractivity contribution in [2.45, 2.75) is 58.4 Å². The summed E-state index contributed by atoms with van der Waals surface area (Å²) in [4.78, 5) is 13.3. The van der Waals surface area contributed by atoms with Gasteiger partial charge in [0.15, 0.2) is 0 Å². The van der Waals surface area contributed by atoms with E-state index in [-0.39, 0.29) is 0 Å². The van der Waals surface area contributed by atoms with Gasteiger partial charge in [-0.1, -0.05) is 19.3 Å². The molecule has 1 aliphatic rings. The first-order chi connectivity index (χ1) is 12.1. The highest BCUT2D eigenvalue weighted by Gasteiger charge is 2.29. The van der Waals surface area contributed by atoms with E-state index in [4.69, 9.17) is 0 Å². The lowest BCUT2D eigenvalue weighted by molar-refractivity contribution is 0.0702. The molecule has 1 saturated carbocycles. The second kappa shape index (κ2) is 6.61. The maximum absolute atomic E-state index is 11.5. The van der Waals surface area contributed by atoms with Crippen molar-refractivity contribution < 1.29 is 9.90 Å². The van der Waals surface area contributed by atoms with E-state index < -0.39 is 5.97 Å². The molecule has 132 valence electrons. The van der Waals surface area contributed by atoms with Gasteiger partial charge in [0.05, 0.1) is 20.8 Å². The van der Waals surface area contributed by atoms with Crippen molar-refractivity contribution in [1.29, 1.82) is 0 Å². The Kier molecular flexibility index (Phi) is 4.46. The predicted molar refractivity (Wildman–Crippen MR) is 106 cm³/mol. The topological polar surface area (TPSA) is 42.2 Å². The minimum absolute atomic E-state index is 0.457. The highest BCUT2D eigenvalue weighted by atomic mass is 32.1. The molecule has 4 rings (SSSR count). The number of aryl methyl sites for hydroxylation is 2. The van der Waals surface area contributed by atoms with E-state index >= 15 is 0 Å². The highest BCUT2D eigenvalue weighted by molar-refractivity contribution is 7.21. The van der Waals surface area contributed by atoms with Crippen LogP contribution in [0.1, 0.15) is 65.7 Å². The van der Waals surface area contributed by atoms with Gasteiger partial charge in [0.25, 0.3) is 0 Å². The Morgan fingerprint density at radius 3 is 2.68 bits per heavy atom. The number of aromatic carboxylic acids is 1. The number of thiophene rings is 2. The lowest BCUT2D eigenvalue weighted by Crippen LogP contribution is -2.07. The molecule has 0 atom stereocenters. The van der Waals surface area contributed by atoms with Gasteiger partial charge in [0, 0.05) is 6.54 Å². The maximum Gasteiger partial charge on any atom is 0.345 e. The normalized spacial score (nSPS) is 15.9. The predicted octanol–water partition coefficient (Wildman–Crippen LogP) is 6.51. The Bertz CT molecular complexity index is 925. The SMILES string of the molecule is CCn1c(-c2sccc2C)c(C2CCCCC2)c2sc(C(=O)O)cc21. The van der Waals surface area contributed by atoms with E-state index in [1.165, 1.54) is 69.8 Å². The van der Waals surface area contributed by atoms with Crippen LogP contribution < -0.4 is 0 Å². The second-order valence-corrected chi connectivity index (χ2v) is 8.87. The van der Waals surface area contributed by atoms with Crippen molar-refractivity contribution >= 4 is 38.9 Å². The van der Waals surface area contributed by atoms with Gasteiger partial charge in [-0.05, 0) is 61.2 Å². The lowest BCUT2D eigenvalue weighted by Gasteiger charge is -2.23. The van der Waals surface area contributed by atoms with E-state index in [0.717, 1.165) is 12.1 Å². The molecule has 0 unspecified atom stereocenters. The maximum atomic E-state index is 11.5. The van der Waals surface area contributed by atoms with Crippen molar-refractivity contribution in [3.8, 4) is 10.6 Å². The molecule has 0 radical (unpaired) electrons. The number of nitrogens with zero attached hydrogens (tertiary/aromatic N) is 1. The van der Waals surface area contributed by atoms with Gasteiger partial charge in [-0.2, -0.15) is 0 Å². The van der Waals surface area contributed by atoms with Gasteiger partial charge in [-0.15, -0.1) is 22.7 Å². The molecule has 1 fully saturated rings. The third-order valence-electron chi connectivity index (χ3n) is 5.39. The van der Waals surface area contributed by atoms with Crippen LogP contribution in [-0.4, -0.2) is 15.6 Å². The Morgan fingerprint density at radius 1 is 1.32 bits per heavy atom. The molecular formula is C20H23NO2S2. The monoisotopic (exact) mass is 373 g/mol. The number of carboxylic acid groups (broad SMARTS) is 1. The summed E-state index contributed by atoms with van der Waals surface area (Å²) in [5.41, 5.74) is 5.19. The average molecular weight is 374 g/mol. The summed E-state index contributed by atoms with van der Waals surface area (Å²) in [5.74, 6) is -0.256. The van der Waals surface area contributed by atoms with Gasteiger partial charge in [-0.25, -0.2) is 4.79 Å². The van der Waals surface area contributed by atoms with Crippen molar-refractivity contribution in [3.63, 3.8) is 0 Å². The van der Waals surface area contributed by atoms with Gasteiger partial charge in [0.2, 0.25) is 0 Å². The number of aromatic nitrogens is 1. The first-order valence-electron chi connectivity index (χ1n) is 9.05. The van der Waals surface area contributed by atoms with Crippen molar-refractivity contribution in [1.82, 2.24) is 4.57 Å². The second-order valence-electron chi connectivity index (χ2n) is 6.90. The van der Waals surface area contributed by atoms with E-state index in [1.807, 2.05) is 6.07 Å². The molecule has 1 N–H and O–H groups in total. The molecular weight excluding hydrogens is 350 g/mol. The fraction of sp³-hybridized carbons (Fsp3) is 0.450. The zero-order chi connectivity index (χ0) is 17.6. The van der Waals surface area contributed by atoms with E-state index in [2.05, 4.69) is 29.9 Å². The van der Waals surface area contributed by atoms with Crippen LogP contribution in [0.4, 0.5) is 0 Å². The molecule has 0 spiro atoms. The Hall–Kier alpha value is -1.59. The lowest BCUT2D eigenvalue weighted by atomic mass is 9.83. The van der Waals surface area contributed by atoms with Gasteiger partial charge in [-0.3, -0.25) is 0 Å². The molecule has 3 heterocycles. The van der Waals surface area contributed by atoms with Crippen molar-refractivity contribution in [2.24, 2.45) is 0 Å². The smallest absolute Gasteiger partial charge is 0.345 e. The fourth-order valence-electron chi connectivity index (χ4n) is 4.21. The number of carboxylic acids is 1. The average Bonchev–Trinajstić information content (AvgIpc) is 3.28. The molecule has 3 aromatic heterocycles. The largest absolute Gasteiger partial charge is 0.477 e. The molecule has 25 heavy (non-hydrogen) atoms. The van der Waals surface area contributed by atoms with E-state index in [0.29, 0.717) is 10.8 Å². The number of rotatable bonds is 4. The molecule has 1 aliphatic carbocycles. The zero-order valence-corrected chi connectivity index (χ0v) is 16.3. The van der Waals surface area contributed by atoms with Crippen LogP contribution >= 0.6 is 22.7 Å². The third-order valence-corrected chi connectivity index (χ3v) is 7.56. The molecule has 0 amide bonds. The molecule has 0 aliphatic heterocycles. The van der Waals surface area contributed by atoms with Crippen molar-refractivity contribution in [2.75, 3.05) is 0 Å². The summed E-state index contributed by atoms with van der Waals surface area (Å²) in [6.45, 7) is 5.21. The van der Waals surface area contributed by atoms with Crippen LogP contribution in [0.2, 0.25) is 0 Å². The zero-order valence-electron chi connectivity index (χ0n) is 14.7. The number of hydrogen-bond donors (Lipinski definition) is 1. The third kappa shape index (κ3) is 2.74. The summed E-state index contributed by atoms with van der Waals surface area (Å²) in [7, 11) is 0. The molecule has 3 nitrogen and oxygen atoms in total. The highest BCUT2D eigenvalue weighted by Crippen LogP contribution is 2.48. The first-order valence-corrected chi connectivity index (χ1v) is 10.7. The Labute approximate surface area is 155 Å². The van der Waals surface area contributed by atoms with Crippen LogP contribution in [0.25, 0.3) is 20.8 Å². The number of hydrogen-bond acceptors (Lipinski definition) is 3. The summed E-state index contributed by atoms with van der Waals surface area (Å²) in [5, 5.41) is 11.6. The first kappa shape index (κ1) is 16.9.